The van der Waals surface area contributed by atoms with Gasteiger partial charge in [-0.15, -0.1) is 0 Å². The van der Waals surface area contributed by atoms with Gasteiger partial charge in [0.15, 0.2) is 0 Å². The Morgan fingerprint density at radius 2 is 1.86 bits per heavy atom. The predicted molar refractivity (Wildman–Crippen MR) is 87.8 cm³/mol. The summed E-state index contributed by atoms with van der Waals surface area (Å²) in [5, 5.41) is 3.57. The van der Waals surface area contributed by atoms with Gasteiger partial charge in [-0.2, -0.15) is 0 Å². The van der Waals surface area contributed by atoms with Crippen molar-refractivity contribution < 1.29 is 0 Å². The van der Waals surface area contributed by atoms with E-state index in [1.165, 1.54) is 16.9 Å². The first-order valence-corrected chi connectivity index (χ1v) is 7.42. The molecule has 0 unspecified atom stereocenters. The molecule has 0 amide bonds. The molecular weight excluding hydrogens is 258 g/mol. The summed E-state index contributed by atoms with van der Waals surface area (Å²) in [5.74, 6) is 0.511. The Bertz CT molecular complexity index is 756. The maximum absolute atomic E-state index is 4.61. The second-order valence-electron chi connectivity index (χ2n) is 5.67. The Hall–Kier alpha value is -2.29. The Morgan fingerprint density at radius 1 is 1.10 bits per heavy atom. The zero-order valence-electron chi connectivity index (χ0n) is 12.8. The van der Waals surface area contributed by atoms with Crippen LogP contribution in [0, 0.1) is 6.92 Å². The molecule has 1 aromatic carbocycles. The van der Waals surface area contributed by atoms with Crippen LogP contribution in [0.2, 0.25) is 0 Å². The third kappa shape index (κ3) is 2.64. The highest BCUT2D eigenvalue weighted by Gasteiger charge is 2.10. The van der Waals surface area contributed by atoms with Crippen LogP contribution in [0.3, 0.4) is 0 Å². The van der Waals surface area contributed by atoms with E-state index in [1.807, 2.05) is 18.2 Å². The van der Waals surface area contributed by atoms with Gasteiger partial charge in [0.25, 0.3) is 0 Å². The van der Waals surface area contributed by atoms with Gasteiger partial charge in [0.05, 0.1) is 17.9 Å². The average Bonchev–Trinajstić information content (AvgIpc) is 2.81. The van der Waals surface area contributed by atoms with E-state index in [0.29, 0.717) is 5.92 Å². The molecule has 0 spiro atoms. The van der Waals surface area contributed by atoms with Gasteiger partial charge in [0.2, 0.25) is 0 Å². The van der Waals surface area contributed by atoms with E-state index in [4.69, 9.17) is 0 Å². The summed E-state index contributed by atoms with van der Waals surface area (Å²) in [6.45, 7) is 7.29. The van der Waals surface area contributed by atoms with Crippen molar-refractivity contribution in [1.82, 2.24) is 9.38 Å². The SMILES string of the molecule is Cc1nc2ccccn2c1CNc1ccccc1C(C)C. The van der Waals surface area contributed by atoms with Gasteiger partial charge < -0.3 is 9.72 Å². The van der Waals surface area contributed by atoms with Crippen molar-refractivity contribution in [2.24, 2.45) is 0 Å². The van der Waals surface area contributed by atoms with Gasteiger partial charge in [-0.1, -0.05) is 38.1 Å². The summed E-state index contributed by atoms with van der Waals surface area (Å²) in [4.78, 5) is 4.61. The van der Waals surface area contributed by atoms with E-state index < -0.39 is 0 Å². The molecule has 0 aliphatic rings. The number of fused-ring (bicyclic) bond motifs is 1. The Morgan fingerprint density at radius 3 is 2.67 bits per heavy atom. The standard InChI is InChI=1S/C18H21N3/c1-13(2)15-8-4-5-9-16(15)19-12-17-14(3)20-18-10-6-7-11-21(17)18/h4-11,13,19H,12H2,1-3H3. The van der Waals surface area contributed by atoms with E-state index >= 15 is 0 Å². The first kappa shape index (κ1) is 13.7. The number of rotatable bonds is 4. The van der Waals surface area contributed by atoms with E-state index in [9.17, 15) is 0 Å². The van der Waals surface area contributed by atoms with Gasteiger partial charge in [0.1, 0.15) is 5.65 Å². The molecule has 0 aliphatic carbocycles. The minimum absolute atomic E-state index is 0.511. The minimum Gasteiger partial charge on any atom is -0.379 e. The van der Waals surface area contributed by atoms with Crippen LogP contribution in [0.5, 0.6) is 0 Å². The summed E-state index contributed by atoms with van der Waals surface area (Å²) in [7, 11) is 0. The smallest absolute Gasteiger partial charge is 0.137 e. The molecule has 3 nitrogen and oxygen atoms in total. The summed E-state index contributed by atoms with van der Waals surface area (Å²) in [6.07, 6.45) is 2.07. The van der Waals surface area contributed by atoms with Crippen molar-refractivity contribution in [1.29, 1.82) is 0 Å². The number of aromatic nitrogens is 2. The molecule has 2 heterocycles. The lowest BCUT2D eigenvalue weighted by Crippen LogP contribution is -2.06. The molecule has 21 heavy (non-hydrogen) atoms. The number of hydrogen-bond acceptors (Lipinski definition) is 2. The molecule has 0 fully saturated rings. The van der Waals surface area contributed by atoms with Gasteiger partial charge >= 0.3 is 0 Å². The molecule has 3 heteroatoms. The Balaban J connectivity index is 1.89. The van der Waals surface area contributed by atoms with Gasteiger partial charge in [0, 0.05) is 11.9 Å². The molecule has 0 bridgehead atoms. The van der Waals surface area contributed by atoms with Crippen LogP contribution in [0.25, 0.3) is 5.65 Å². The monoisotopic (exact) mass is 279 g/mol. The fourth-order valence-corrected chi connectivity index (χ4v) is 2.72. The van der Waals surface area contributed by atoms with Gasteiger partial charge in [-0.3, -0.25) is 0 Å². The van der Waals surface area contributed by atoms with Crippen molar-refractivity contribution in [2.45, 2.75) is 33.2 Å². The summed E-state index contributed by atoms with van der Waals surface area (Å²) in [5.41, 5.74) is 5.85. The minimum atomic E-state index is 0.511. The first-order valence-electron chi connectivity index (χ1n) is 7.42. The van der Waals surface area contributed by atoms with E-state index in [2.05, 4.69) is 65.9 Å². The molecule has 1 N–H and O–H groups in total. The second-order valence-corrected chi connectivity index (χ2v) is 5.67. The number of pyridine rings is 1. The number of aryl methyl sites for hydroxylation is 1. The van der Waals surface area contributed by atoms with E-state index in [0.717, 1.165) is 17.9 Å². The predicted octanol–water partition coefficient (Wildman–Crippen LogP) is 4.38. The lowest BCUT2D eigenvalue weighted by atomic mass is 10.0. The highest BCUT2D eigenvalue weighted by molar-refractivity contribution is 5.53. The van der Waals surface area contributed by atoms with Crippen LogP contribution in [0.15, 0.2) is 48.7 Å². The fraction of sp³-hybridized carbons (Fsp3) is 0.278. The molecule has 2 aromatic heterocycles. The molecule has 0 radical (unpaired) electrons. The molecule has 0 aliphatic heterocycles. The zero-order valence-corrected chi connectivity index (χ0v) is 12.8. The molecule has 3 aromatic rings. The number of nitrogens with one attached hydrogen (secondary N) is 1. The summed E-state index contributed by atoms with van der Waals surface area (Å²) in [6, 6.07) is 14.6. The lowest BCUT2D eigenvalue weighted by molar-refractivity contribution is 0.863. The van der Waals surface area contributed by atoms with Crippen LogP contribution in [-0.2, 0) is 6.54 Å². The first-order chi connectivity index (χ1) is 10.2. The van der Waals surface area contributed by atoms with Crippen molar-refractivity contribution in [2.75, 3.05) is 5.32 Å². The average molecular weight is 279 g/mol. The fourth-order valence-electron chi connectivity index (χ4n) is 2.72. The van der Waals surface area contributed by atoms with Crippen molar-refractivity contribution in [3.63, 3.8) is 0 Å². The third-order valence-electron chi connectivity index (χ3n) is 3.86. The topological polar surface area (TPSA) is 29.3 Å². The highest BCUT2D eigenvalue weighted by atomic mass is 15.0. The van der Waals surface area contributed by atoms with Crippen LogP contribution in [-0.4, -0.2) is 9.38 Å². The highest BCUT2D eigenvalue weighted by Crippen LogP contribution is 2.24. The normalized spacial score (nSPS) is 11.2. The maximum atomic E-state index is 4.61. The second kappa shape index (κ2) is 5.60. The van der Waals surface area contributed by atoms with Crippen molar-refractivity contribution in [3.8, 4) is 0 Å². The van der Waals surface area contributed by atoms with Crippen LogP contribution in [0.1, 0.15) is 36.7 Å². The van der Waals surface area contributed by atoms with Crippen LogP contribution < -0.4 is 5.32 Å². The van der Waals surface area contributed by atoms with Crippen molar-refractivity contribution in [3.05, 3.63) is 65.6 Å². The maximum Gasteiger partial charge on any atom is 0.137 e. The number of anilines is 1. The number of imidazole rings is 1. The molecule has 3 rings (SSSR count). The number of hydrogen-bond donors (Lipinski definition) is 1. The van der Waals surface area contributed by atoms with Gasteiger partial charge in [-0.05, 0) is 36.6 Å². The summed E-state index contributed by atoms with van der Waals surface area (Å²) >= 11 is 0. The number of para-hydroxylation sites is 1. The van der Waals surface area contributed by atoms with E-state index in [1.54, 1.807) is 0 Å². The van der Waals surface area contributed by atoms with Crippen LogP contribution in [0.4, 0.5) is 5.69 Å². The van der Waals surface area contributed by atoms with Crippen LogP contribution >= 0.6 is 0 Å². The third-order valence-corrected chi connectivity index (χ3v) is 3.86. The Labute approximate surface area is 125 Å². The Kier molecular flexibility index (Phi) is 3.65. The molecular formula is C18H21N3. The molecule has 108 valence electrons. The van der Waals surface area contributed by atoms with Crippen molar-refractivity contribution >= 4 is 11.3 Å². The zero-order chi connectivity index (χ0) is 14.8. The molecule has 0 saturated heterocycles. The molecule has 0 saturated carbocycles. The van der Waals surface area contributed by atoms with E-state index in [-0.39, 0.29) is 0 Å². The largest absolute Gasteiger partial charge is 0.379 e. The quantitative estimate of drug-likeness (QED) is 0.768. The summed E-state index contributed by atoms with van der Waals surface area (Å²) < 4.78 is 2.15. The lowest BCUT2D eigenvalue weighted by Gasteiger charge is -2.14. The number of nitrogens with zero attached hydrogens (tertiary/aromatic N) is 2. The molecule has 0 atom stereocenters. The van der Waals surface area contributed by atoms with Gasteiger partial charge in [-0.25, -0.2) is 4.98 Å². The number of benzene rings is 1.